The first-order chi connectivity index (χ1) is 15.4. The molecule has 2 aromatic rings. The minimum Gasteiger partial charge on any atom is -0.343 e. The van der Waals surface area contributed by atoms with Gasteiger partial charge in [-0.05, 0) is 37.0 Å². The Morgan fingerprint density at radius 2 is 1.72 bits per heavy atom. The van der Waals surface area contributed by atoms with Crippen molar-refractivity contribution in [3.63, 3.8) is 0 Å². The normalized spacial score (nSPS) is 15.4. The largest absolute Gasteiger partial charge is 0.343 e. The average molecular weight is 442 g/mol. The minimum absolute atomic E-state index is 0.0732. The molecule has 1 saturated carbocycles. The Morgan fingerprint density at radius 1 is 1.03 bits per heavy atom. The molecule has 9 heteroatoms. The van der Waals surface area contributed by atoms with E-state index in [1.165, 1.54) is 6.92 Å². The number of carbonyl (C=O) groups excluding carboxylic acids is 3. The lowest BCUT2D eigenvalue weighted by Crippen LogP contribution is -2.45. The van der Waals surface area contributed by atoms with Gasteiger partial charge in [0.25, 0.3) is 5.91 Å². The number of nitrogens with zero attached hydrogens (tertiary/aromatic N) is 2. The summed E-state index contributed by atoms with van der Waals surface area (Å²) >= 11 is 0. The molecule has 1 aliphatic carbocycles. The van der Waals surface area contributed by atoms with Crippen LogP contribution in [0, 0.1) is 0 Å². The molecule has 1 aliphatic rings. The maximum Gasteiger partial charge on any atom is 0.269 e. The van der Waals surface area contributed by atoms with Gasteiger partial charge in [0.15, 0.2) is 5.82 Å². The molecule has 1 aromatic heterocycles. The SMILES string of the molecule is CCc1ccc(C(=O)NNC(=O)CCc2nc(C3(NC(C)=O)CCCCCC3)no2)cc1. The Kier molecular flexibility index (Phi) is 7.97. The molecule has 3 rings (SSSR count). The molecule has 3 N–H and O–H groups in total. The number of hydrazine groups is 1. The summed E-state index contributed by atoms with van der Waals surface area (Å²) in [7, 11) is 0. The van der Waals surface area contributed by atoms with E-state index < -0.39 is 5.54 Å². The van der Waals surface area contributed by atoms with Crippen LogP contribution in [0.2, 0.25) is 0 Å². The molecule has 1 aromatic carbocycles. The average Bonchev–Trinajstić information content (AvgIpc) is 3.16. The summed E-state index contributed by atoms with van der Waals surface area (Å²) in [5.41, 5.74) is 5.80. The first kappa shape index (κ1) is 23.4. The fraction of sp³-hybridized carbons (Fsp3) is 0.522. The molecule has 1 heterocycles. The molecular weight excluding hydrogens is 410 g/mol. The molecule has 0 atom stereocenters. The zero-order valence-corrected chi connectivity index (χ0v) is 18.7. The van der Waals surface area contributed by atoms with Crippen LogP contribution in [0.25, 0.3) is 0 Å². The van der Waals surface area contributed by atoms with Crippen LogP contribution < -0.4 is 16.2 Å². The van der Waals surface area contributed by atoms with Crippen LogP contribution in [0.3, 0.4) is 0 Å². The minimum atomic E-state index is -0.617. The van der Waals surface area contributed by atoms with E-state index in [0.717, 1.165) is 50.5 Å². The quantitative estimate of drug-likeness (QED) is 0.448. The Morgan fingerprint density at radius 3 is 2.34 bits per heavy atom. The second-order valence-electron chi connectivity index (χ2n) is 8.24. The topological polar surface area (TPSA) is 126 Å². The van der Waals surface area contributed by atoms with E-state index in [0.29, 0.717) is 17.3 Å². The van der Waals surface area contributed by atoms with Gasteiger partial charge in [-0.3, -0.25) is 25.2 Å². The van der Waals surface area contributed by atoms with Gasteiger partial charge in [0.1, 0.15) is 5.54 Å². The van der Waals surface area contributed by atoms with E-state index in [9.17, 15) is 14.4 Å². The number of aryl methyl sites for hydroxylation is 2. The van der Waals surface area contributed by atoms with Gasteiger partial charge < -0.3 is 9.84 Å². The van der Waals surface area contributed by atoms with Crippen LogP contribution in [0.15, 0.2) is 28.8 Å². The van der Waals surface area contributed by atoms with Gasteiger partial charge >= 0.3 is 0 Å². The Labute approximate surface area is 187 Å². The number of carbonyl (C=O) groups is 3. The molecular formula is C23H31N5O4. The van der Waals surface area contributed by atoms with Crippen LogP contribution in [0.5, 0.6) is 0 Å². The lowest BCUT2D eigenvalue weighted by Gasteiger charge is -2.30. The van der Waals surface area contributed by atoms with Crippen molar-refractivity contribution in [2.45, 2.75) is 77.2 Å². The number of amides is 3. The lowest BCUT2D eigenvalue weighted by molar-refractivity contribution is -0.122. The second-order valence-corrected chi connectivity index (χ2v) is 8.24. The van der Waals surface area contributed by atoms with Crippen LogP contribution in [0.4, 0.5) is 0 Å². The molecule has 0 radical (unpaired) electrons. The van der Waals surface area contributed by atoms with Crippen LogP contribution in [-0.4, -0.2) is 27.9 Å². The monoisotopic (exact) mass is 441 g/mol. The fourth-order valence-corrected chi connectivity index (χ4v) is 4.00. The van der Waals surface area contributed by atoms with Crippen LogP contribution in [0.1, 0.15) is 86.4 Å². The van der Waals surface area contributed by atoms with Crippen LogP contribution in [-0.2, 0) is 28.0 Å². The zero-order chi connectivity index (χ0) is 23.0. The first-order valence-corrected chi connectivity index (χ1v) is 11.2. The van der Waals surface area contributed by atoms with Crippen molar-refractivity contribution in [2.75, 3.05) is 0 Å². The predicted octanol–water partition coefficient (Wildman–Crippen LogP) is 2.71. The van der Waals surface area contributed by atoms with Crippen molar-refractivity contribution >= 4 is 17.7 Å². The summed E-state index contributed by atoms with van der Waals surface area (Å²) in [5, 5.41) is 7.14. The third-order valence-electron chi connectivity index (χ3n) is 5.77. The molecule has 9 nitrogen and oxygen atoms in total. The summed E-state index contributed by atoms with van der Waals surface area (Å²) in [4.78, 5) is 40.6. The first-order valence-electron chi connectivity index (χ1n) is 11.2. The summed E-state index contributed by atoms with van der Waals surface area (Å²) in [6.07, 6.45) is 6.90. The van der Waals surface area contributed by atoms with Crippen molar-refractivity contribution in [1.82, 2.24) is 26.3 Å². The van der Waals surface area contributed by atoms with Gasteiger partial charge in [-0.15, -0.1) is 0 Å². The maximum absolute atomic E-state index is 12.2. The number of hydrogen-bond donors (Lipinski definition) is 3. The third kappa shape index (κ3) is 6.15. The number of aromatic nitrogens is 2. The van der Waals surface area contributed by atoms with Crippen molar-refractivity contribution < 1.29 is 18.9 Å². The molecule has 0 unspecified atom stereocenters. The summed E-state index contributed by atoms with van der Waals surface area (Å²) in [6, 6.07) is 7.20. The summed E-state index contributed by atoms with van der Waals surface area (Å²) < 4.78 is 5.35. The maximum atomic E-state index is 12.2. The van der Waals surface area contributed by atoms with Crippen LogP contribution >= 0.6 is 0 Å². The van der Waals surface area contributed by atoms with E-state index in [4.69, 9.17) is 4.52 Å². The van der Waals surface area contributed by atoms with E-state index in [2.05, 4.69) is 26.3 Å². The molecule has 0 bridgehead atoms. The highest BCUT2D eigenvalue weighted by Gasteiger charge is 2.38. The summed E-state index contributed by atoms with van der Waals surface area (Å²) in [6.45, 7) is 3.53. The van der Waals surface area contributed by atoms with Gasteiger partial charge in [0.2, 0.25) is 17.7 Å². The summed E-state index contributed by atoms with van der Waals surface area (Å²) in [5.74, 6) is -0.0850. The molecule has 0 saturated heterocycles. The standard InChI is InChI=1S/C23H31N5O4/c1-3-17-8-10-18(11-9-17)21(31)27-26-19(30)12-13-20-24-22(28-32-20)23(25-16(2)29)14-6-4-5-7-15-23/h8-11H,3-7,12-15H2,1-2H3,(H,25,29)(H,26,30)(H,27,31). The van der Waals surface area contributed by atoms with E-state index in [-0.39, 0.29) is 30.6 Å². The van der Waals surface area contributed by atoms with E-state index in [1.54, 1.807) is 12.1 Å². The van der Waals surface area contributed by atoms with Gasteiger partial charge in [0.05, 0.1) is 0 Å². The Bertz CT molecular complexity index is 930. The third-order valence-corrected chi connectivity index (χ3v) is 5.77. The van der Waals surface area contributed by atoms with Gasteiger partial charge in [-0.25, -0.2) is 0 Å². The number of hydrogen-bond acceptors (Lipinski definition) is 6. The smallest absolute Gasteiger partial charge is 0.269 e. The fourth-order valence-electron chi connectivity index (χ4n) is 4.00. The molecule has 32 heavy (non-hydrogen) atoms. The lowest BCUT2D eigenvalue weighted by atomic mass is 9.89. The van der Waals surface area contributed by atoms with Gasteiger partial charge in [0, 0.05) is 25.3 Å². The highest BCUT2D eigenvalue weighted by atomic mass is 16.5. The Balaban J connectivity index is 1.52. The molecule has 1 fully saturated rings. The molecule has 172 valence electrons. The number of benzene rings is 1. The highest BCUT2D eigenvalue weighted by Crippen LogP contribution is 2.34. The van der Waals surface area contributed by atoms with E-state index in [1.807, 2.05) is 19.1 Å². The Hall–Kier alpha value is -3.23. The highest BCUT2D eigenvalue weighted by molar-refractivity contribution is 5.95. The molecule has 3 amide bonds. The zero-order valence-electron chi connectivity index (χ0n) is 18.7. The molecule has 0 spiro atoms. The predicted molar refractivity (Wildman–Crippen MR) is 117 cm³/mol. The second kappa shape index (κ2) is 10.9. The van der Waals surface area contributed by atoms with Gasteiger partial charge in [-0.2, -0.15) is 4.98 Å². The molecule has 0 aliphatic heterocycles. The van der Waals surface area contributed by atoms with E-state index >= 15 is 0 Å². The van der Waals surface area contributed by atoms with Crippen molar-refractivity contribution in [2.24, 2.45) is 0 Å². The number of rotatable bonds is 7. The van der Waals surface area contributed by atoms with Gasteiger partial charge in [-0.1, -0.05) is 49.9 Å². The van der Waals surface area contributed by atoms with Crippen molar-refractivity contribution in [1.29, 1.82) is 0 Å². The van der Waals surface area contributed by atoms with Crippen molar-refractivity contribution in [3.8, 4) is 0 Å². The number of nitrogens with one attached hydrogen (secondary N) is 3. The van der Waals surface area contributed by atoms with Crippen molar-refractivity contribution in [3.05, 3.63) is 47.1 Å².